The molecule has 0 saturated heterocycles. The highest BCUT2D eigenvalue weighted by atomic mass is 35.5. The van der Waals surface area contributed by atoms with Crippen LogP contribution in [0.25, 0.3) is 22.0 Å². The van der Waals surface area contributed by atoms with E-state index >= 15 is 0 Å². The Balaban J connectivity index is 2.45. The van der Waals surface area contributed by atoms with Gasteiger partial charge in [0.15, 0.2) is 0 Å². The summed E-state index contributed by atoms with van der Waals surface area (Å²) in [7, 11) is 2.99. The number of fused-ring (bicyclic) bond motifs is 1. The maximum atomic E-state index is 13.1. The molecule has 130 valence electrons. The highest BCUT2D eigenvalue weighted by Gasteiger charge is 2.22. The van der Waals surface area contributed by atoms with Crippen molar-refractivity contribution in [3.63, 3.8) is 0 Å². The summed E-state index contributed by atoms with van der Waals surface area (Å²) >= 11 is 12.9. The first-order chi connectivity index (χ1) is 12.0. The molecule has 0 aliphatic rings. The molecule has 1 aromatic carbocycles. The largest absolute Gasteiger partial charge is 0.495 e. The third-order valence-electron chi connectivity index (χ3n) is 4.05. The number of methoxy groups -OCH3 is 2. The van der Waals surface area contributed by atoms with Gasteiger partial charge >= 0.3 is 0 Å². The first kappa shape index (κ1) is 17.6. The Bertz CT molecular complexity index is 987. The van der Waals surface area contributed by atoms with Gasteiger partial charge in [0, 0.05) is 36.0 Å². The summed E-state index contributed by atoms with van der Waals surface area (Å²) in [6.07, 6.45) is 3.35. The Labute approximate surface area is 154 Å². The molecule has 2 heterocycles. The Morgan fingerprint density at radius 2 is 1.76 bits per heavy atom. The molecule has 7 heteroatoms. The van der Waals surface area contributed by atoms with Gasteiger partial charge in [0.2, 0.25) is 0 Å². The maximum absolute atomic E-state index is 13.1. The van der Waals surface area contributed by atoms with E-state index in [1.165, 1.54) is 14.2 Å². The lowest BCUT2D eigenvalue weighted by Gasteiger charge is -2.16. The van der Waals surface area contributed by atoms with Crippen molar-refractivity contribution in [3.8, 4) is 22.6 Å². The molecule has 0 spiro atoms. The van der Waals surface area contributed by atoms with Crippen LogP contribution in [0, 0.1) is 0 Å². The molecule has 0 N–H and O–H groups in total. The Morgan fingerprint density at radius 3 is 2.32 bits per heavy atom. The van der Waals surface area contributed by atoms with Crippen LogP contribution in [0.2, 0.25) is 10.0 Å². The summed E-state index contributed by atoms with van der Waals surface area (Å²) in [6.45, 7) is 2.41. The predicted molar refractivity (Wildman–Crippen MR) is 100 cm³/mol. The molecule has 0 fully saturated rings. The van der Waals surface area contributed by atoms with Crippen LogP contribution in [0.1, 0.15) is 6.92 Å². The van der Waals surface area contributed by atoms with Crippen molar-refractivity contribution in [2.45, 2.75) is 13.5 Å². The van der Waals surface area contributed by atoms with Gasteiger partial charge in [-0.1, -0.05) is 23.2 Å². The smallest absolute Gasteiger partial charge is 0.259 e. The molecule has 0 amide bonds. The lowest BCUT2D eigenvalue weighted by atomic mass is 10.0. The van der Waals surface area contributed by atoms with Crippen LogP contribution in [0.5, 0.6) is 11.5 Å². The topological polar surface area (TPSA) is 53.4 Å². The van der Waals surface area contributed by atoms with Gasteiger partial charge in [-0.05, 0) is 19.1 Å². The second-order valence-electron chi connectivity index (χ2n) is 5.33. The van der Waals surface area contributed by atoms with E-state index in [0.29, 0.717) is 29.2 Å². The zero-order chi connectivity index (χ0) is 18.1. The quantitative estimate of drug-likeness (QED) is 0.674. The van der Waals surface area contributed by atoms with Gasteiger partial charge < -0.3 is 14.0 Å². The monoisotopic (exact) mass is 378 g/mol. The van der Waals surface area contributed by atoms with Crippen LogP contribution in [-0.2, 0) is 6.54 Å². The second kappa shape index (κ2) is 6.94. The number of halogens is 2. The first-order valence-corrected chi connectivity index (χ1v) is 8.37. The minimum Gasteiger partial charge on any atom is -0.495 e. The second-order valence-corrected chi connectivity index (χ2v) is 6.08. The number of pyridine rings is 2. The number of aromatic nitrogens is 2. The van der Waals surface area contributed by atoms with E-state index in [0.717, 1.165) is 10.9 Å². The van der Waals surface area contributed by atoms with Crippen molar-refractivity contribution in [3.05, 3.63) is 51.0 Å². The van der Waals surface area contributed by atoms with Crippen molar-refractivity contribution >= 4 is 34.1 Å². The van der Waals surface area contributed by atoms with Crippen LogP contribution < -0.4 is 15.0 Å². The molecule has 3 rings (SSSR count). The van der Waals surface area contributed by atoms with Gasteiger partial charge in [-0.25, -0.2) is 0 Å². The normalized spacial score (nSPS) is 10.9. The van der Waals surface area contributed by atoms with Gasteiger partial charge in [0.1, 0.15) is 11.5 Å². The van der Waals surface area contributed by atoms with Crippen LogP contribution in [0.15, 0.2) is 35.4 Å². The van der Waals surface area contributed by atoms with Crippen LogP contribution in [-0.4, -0.2) is 23.8 Å². The molecule has 0 radical (unpaired) electrons. The minimum absolute atomic E-state index is 0.194. The van der Waals surface area contributed by atoms with Gasteiger partial charge in [-0.3, -0.25) is 9.78 Å². The molecule has 0 unspecified atom stereocenters. The fraction of sp³-hybridized carbons (Fsp3) is 0.222. The standard InChI is InChI=1S/C18H16Cl2N2O3/c1-4-22-12-5-6-21-9-10(12)7-11(18(22)23)15-16(19)13(24-2)8-14(25-3)17(15)20/h5-9H,4H2,1-3H3. The summed E-state index contributed by atoms with van der Waals surface area (Å²) in [5.41, 5.74) is 1.36. The minimum atomic E-state index is -0.194. The molecule has 0 saturated carbocycles. The number of hydrogen-bond acceptors (Lipinski definition) is 4. The lowest BCUT2D eigenvalue weighted by molar-refractivity contribution is 0.395. The van der Waals surface area contributed by atoms with E-state index in [4.69, 9.17) is 32.7 Å². The van der Waals surface area contributed by atoms with Gasteiger partial charge in [-0.15, -0.1) is 0 Å². The maximum Gasteiger partial charge on any atom is 0.259 e. The average Bonchev–Trinajstić information content (AvgIpc) is 2.62. The molecule has 25 heavy (non-hydrogen) atoms. The summed E-state index contributed by atoms with van der Waals surface area (Å²) in [5.74, 6) is 0.762. The zero-order valence-electron chi connectivity index (χ0n) is 14.0. The first-order valence-electron chi connectivity index (χ1n) is 7.61. The van der Waals surface area contributed by atoms with Crippen molar-refractivity contribution in [2.75, 3.05) is 14.2 Å². The Kier molecular flexibility index (Phi) is 4.88. The van der Waals surface area contributed by atoms with E-state index < -0.39 is 0 Å². The van der Waals surface area contributed by atoms with E-state index in [1.54, 1.807) is 35.2 Å². The van der Waals surface area contributed by atoms with Crippen molar-refractivity contribution < 1.29 is 9.47 Å². The fourth-order valence-corrected chi connectivity index (χ4v) is 3.55. The zero-order valence-corrected chi connectivity index (χ0v) is 15.5. The molecular weight excluding hydrogens is 363 g/mol. The van der Waals surface area contributed by atoms with E-state index in [9.17, 15) is 4.79 Å². The summed E-state index contributed by atoms with van der Waals surface area (Å²) in [4.78, 5) is 17.2. The third kappa shape index (κ3) is 2.83. The number of nitrogens with zero attached hydrogens (tertiary/aromatic N) is 2. The molecule has 0 atom stereocenters. The van der Waals surface area contributed by atoms with Gasteiger partial charge in [0.05, 0.1) is 35.3 Å². The Hall–Kier alpha value is -2.24. The molecular formula is C18H16Cl2N2O3. The number of benzene rings is 1. The molecule has 0 bridgehead atoms. The van der Waals surface area contributed by atoms with Crippen LogP contribution in [0.3, 0.4) is 0 Å². The van der Waals surface area contributed by atoms with Crippen molar-refractivity contribution in [1.82, 2.24) is 9.55 Å². The van der Waals surface area contributed by atoms with Crippen LogP contribution >= 0.6 is 23.2 Å². The number of hydrogen-bond donors (Lipinski definition) is 0. The predicted octanol–water partition coefficient (Wildman–Crippen LogP) is 4.41. The van der Waals surface area contributed by atoms with E-state index in [2.05, 4.69) is 4.98 Å². The fourth-order valence-electron chi connectivity index (χ4n) is 2.84. The van der Waals surface area contributed by atoms with Gasteiger partial charge in [-0.2, -0.15) is 0 Å². The number of aryl methyl sites for hydroxylation is 1. The molecule has 5 nitrogen and oxygen atoms in total. The van der Waals surface area contributed by atoms with E-state index in [1.807, 2.05) is 6.92 Å². The van der Waals surface area contributed by atoms with Gasteiger partial charge in [0.25, 0.3) is 5.56 Å². The molecule has 0 aliphatic heterocycles. The van der Waals surface area contributed by atoms with Crippen molar-refractivity contribution in [2.24, 2.45) is 0 Å². The Morgan fingerprint density at radius 1 is 1.12 bits per heavy atom. The summed E-state index contributed by atoms with van der Waals surface area (Å²) in [6, 6.07) is 5.14. The van der Waals surface area contributed by atoms with Crippen LogP contribution in [0.4, 0.5) is 0 Å². The summed E-state index contributed by atoms with van der Waals surface area (Å²) in [5, 5.41) is 1.33. The van der Waals surface area contributed by atoms with Crippen molar-refractivity contribution in [1.29, 1.82) is 0 Å². The lowest BCUT2D eigenvalue weighted by Crippen LogP contribution is -2.21. The highest BCUT2D eigenvalue weighted by molar-refractivity contribution is 6.41. The molecule has 0 aliphatic carbocycles. The number of rotatable bonds is 4. The molecule has 3 aromatic rings. The summed E-state index contributed by atoms with van der Waals surface area (Å²) < 4.78 is 12.3. The SMILES string of the molecule is CCn1c(=O)c(-c2c(Cl)c(OC)cc(OC)c2Cl)cc2cnccc21. The van der Waals surface area contributed by atoms with E-state index in [-0.39, 0.29) is 15.6 Å². The molecule has 2 aromatic heterocycles. The number of ether oxygens (including phenoxy) is 2. The average molecular weight is 379 g/mol. The third-order valence-corrected chi connectivity index (χ3v) is 4.80. The highest BCUT2D eigenvalue weighted by Crippen LogP contribution is 2.45.